The maximum absolute atomic E-state index is 12.1. The van der Waals surface area contributed by atoms with Gasteiger partial charge in [0, 0.05) is 25.5 Å². The topological polar surface area (TPSA) is 76.5 Å². The van der Waals surface area contributed by atoms with Crippen LogP contribution in [0.5, 0.6) is 5.75 Å². The van der Waals surface area contributed by atoms with Crippen molar-refractivity contribution in [3.63, 3.8) is 0 Å². The number of carbonyl (C=O) groups is 2. The first-order chi connectivity index (χ1) is 11.2. The highest BCUT2D eigenvalue weighted by Gasteiger charge is 2.26. The average molecular weight is 314 g/mol. The molecule has 23 heavy (non-hydrogen) atoms. The number of anilines is 1. The Bertz CT molecular complexity index is 684. The highest BCUT2D eigenvalue weighted by molar-refractivity contribution is 6.02. The lowest BCUT2D eigenvalue weighted by Crippen LogP contribution is -2.45. The third-order valence-corrected chi connectivity index (χ3v) is 3.58. The van der Waals surface area contributed by atoms with E-state index in [-0.39, 0.29) is 25.0 Å². The van der Waals surface area contributed by atoms with Crippen LogP contribution in [0.15, 0.2) is 43.0 Å². The summed E-state index contributed by atoms with van der Waals surface area (Å²) in [5, 5.41) is 2.84. The number of para-hydroxylation sites is 2. The summed E-state index contributed by atoms with van der Waals surface area (Å²) >= 11 is 0. The van der Waals surface area contributed by atoms with Crippen LogP contribution < -0.4 is 15.0 Å². The maximum Gasteiger partial charge on any atom is 0.265 e. The maximum atomic E-state index is 12.1. The normalized spacial score (nSPS) is 13.4. The molecule has 0 saturated carbocycles. The lowest BCUT2D eigenvalue weighted by Gasteiger charge is -2.28. The fraction of sp³-hybridized carbons (Fsp3) is 0.312. The van der Waals surface area contributed by atoms with Crippen LogP contribution in [-0.4, -0.2) is 41.1 Å². The third-order valence-electron chi connectivity index (χ3n) is 3.58. The van der Waals surface area contributed by atoms with E-state index in [1.54, 1.807) is 24.7 Å². The third kappa shape index (κ3) is 3.68. The summed E-state index contributed by atoms with van der Waals surface area (Å²) in [6, 6.07) is 7.22. The van der Waals surface area contributed by atoms with Crippen LogP contribution >= 0.6 is 0 Å². The van der Waals surface area contributed by atoms with Gasteiger partial charge in [0.25, 0.3) is 5.91 Å². The molecule has 7 heteroatoms. The van der Waals surface area contributed by atoms with E-state index in [0.29, 0.717) is 18.0 Å². The van der Waals surface area contributed by atoms with Crippen LogP contribution in [-0.2, 0) is 16.1 Å². The van der Waals surface area contributed by atoms with E-state index < -0.39 is 0 Å². The number of aryl methyl sites for hydroxylation is 1. The first kappa shape index (κ1) is 15.1. The van der Waals surface area contributed by atoms with Crippen LogP contribution in [0.1, 0.15) is 6.42 Å². The SMILES string of the molecule is O=C(CN1C(=O)COc2ccccc21)NCCCn1ccnc1. The van der Waals surface area contributed by atoms with Crippen molar-refractivity contribution in [3.8, 4) is 5.75 Å². The van der Waals surface area contributed by atoms with Gasteiger partial charge in [-0.05, 0) is 18.6 Å². The molecule has 1 aromatic heterocycles. The van der Waals surface area contributed by atoms with Crippen molar-refractivity contribution in [2.75, 3.05) is 24.6 Å². The number of aromatic nitrogens is 2. The van der Waals surface area contributed by atoms with Crippen molar-refractivity contribution in [3.05, 3.63) is 43.0 Å². The molecule has 0 aliphatic carbocycles. The van der Waals surface area contributed by atoms with Crippen LogP contribution in [0.4, 0.5) is 5.69 Å². The minimum Gasteiger partial charge on any atom is -0.482 e. The van der Waals surface area contributed by atoms with E-state index in [1.807, 2.05) is 22.9 Å². The summed E-state index contributed by atoms with van der Waals surface area (Å²) in [5.74, 6) is 0.234. The number of benzene rings is 1. The highest BCUT2D eigenvalue weighted by atomic mass is 16.5. The van der Waals surface area contributed by atoms with E-state index in [4.69, 9.17) is 4.74 Å². The van der Waals surface area contributed by atoms with Crippen LogP contribution in [0, 0.1) is 0 Å². The Labute approximate surface area is 133 Å². The molecule has 120 valence electrons. The van der Waals surface area contributed by atoms with Gasteiger partial charge in [-0.15, -0.1) is 0 Å². The molecule has 0 unspecified atom stereocenters. The van der Waals surface area contributed by atoms with Gasteiger partial charge in [0.15, 0.2) is 6.61 Å². The van der Waals surface area contributed by atoms with Crippen molar-refractivity contribution in [2.24, 2.45) is 0 Å². The second-order valence-corrected chi connectivity index (χ2v) is 5.24. The molecule has 1 N–H and O–H groups in total. The molecular formula is C16H18N4O3. The minimum absolute atomic E-state index is 0.00425. The Hall–Kier alpha value is -2.83. The summed E-state index contributed by atoms with van der Waals surface area (Å²) in [7, 11) is 0. The Morgan fingerprint density at radius 2 is 2.22 bits per heavy atom. The fourth-order valence-corrected chi connectivity index (χ4v) is 2.44. The molecule has 0 atom stereocenters. The van der Waals surface area contributed by atoms with E-state index in [0.717, 1.165) is 13.0 Å². The van der Waals surface area contributed by atoms with E-state index in [2.05, 4.69) is 10.3 Å². The summed E-state index contributed by atoms with van der Waals surface area (Å²) in [6.07, 6.45) is 6.14. The lowest BCUT2D eigenvalue weighted by molar-refractivity contribution is -0.125. The molecule has 0 radical (unpaired) electrons. The van der Waals surface area contributed by atoms with Gasteiger partial charge in [0.2, 0.25) is 5.91 Å². The zero-order chi connectivity index (χ0) is 16.1. The van der Waals surface area contributed by atoms with Gasteiger partial charge in [-0.25, -0.2) is 4.98 Å². The zero-order valence-electron chi connectivity index (χ0n) is 12.6. The second-order valence-electron chi connectivity index (χ2n) is 5.24. The quantitative estimate of drug-likeness (QED) is 0.801. The molecule has 0 saturated heterocycles. The van der Waals surface area contributed by atoms with Crippen molar-refractivity contribution in [1.82, 2.24) is 14.9 Å². The minimum atomic E-state index is -0.211. The van der Waals surface area contributed by atoms with Crippen molar-refractivity contribution >= 4 is 17.5 Å². The number of nitrogens with zero attached hydrogens (tertiary/aromatic N) is 3. The molecule has 7 nitrogen and oxygen atoms in total. The standard InChI is InChI=1S/C16H18N4O3/c21-15(18-6-3-8-19-9-7-17-12-19)10-20-13-4-1-2-5-14(13)23-11-16(20)22/h1-2,4-5,7,9,12H,3,6,8,10-11H2,(H,18,21). The van der Waals surface area contributed by atoms with Gasteiger partial charge < -0.3 is 14.6 Å². The molecule has 1 aliphatic rings. The predicted molar refractivity (Wildman–Crippen MR) is 84.1 cm³/mol. The molecule has 1 aliphatic heterocycles. The number of carbonyl (C=O) groups excluding carboxylic acids is 2. The van der Waals surface area contributed by atoms with Crippen molar-refractivity contribution in [2.45, 2.75) is 13.0 Å². The number of ether oxygens (including phenoxy) is 1. The fourth-order valence-electron chi connectivity index (χ4n) is 2.44. The average Bonchev–Trinajstić information content (AvgIpc) is 3.08. The Morgan fingerprint density at radius 1 is 1.35 bits per heavy atom. The van der Waals surface area contributed by atoms with E-state index in [1.165, 1.54) is 4.90 Å². The highest BCUT2D eigenvalue weighted by Crippen LogP contribution is 2.30. The van der Waals surface area contributed by atoms with Gasteiger partial charge in [-0.2, -0.15) is 0 Å². The molecule has 2 amide bonds. The molecule has 2 heterocycles. The number of amides is 2. The van der Waals surface area contributed by atoms with Crippen LogP contribution in [0.2, 0.25) is 0 Å². The van der Waals surface area contributed by atoms with Gasteiger partial charge >= 0.3 is 0 Å². The van der Waals surface area contributed by atoms with Crippen molar-refractivity contribution in [1.29, 1.82) is 0 Å². The van der Waals surface area contributed by atoms with E-state index >= 15 is 0 Å². The first-order valence-corrected chi connectivity index (χ1v) is 7.48. The lowest BCUT2D eigenvalue weighted by atomic mass is 10.2. The molecular weight excluding hydrogens is 296 g/mol. The molecule has 0 spiro atoms. The number of hydrogen-bond acceptors (Lipinski definition) is 4. The number of fused-ring (bicyclic) bond motifs is 1. The Kier molecular flexibility index (Phi) is 4.56. The van der Waals surface area contributed by atoms with Crippen LogP contribution in [0.25, 0.3) is 0 Å². The second kappa shape index (κ2) is 6.95. The van der Waals surface area contributed by atoms with Crippen LogP contribution in [0.3, 0.4) is 0 Å². The number of hydrogen-bond donors (Lipinski definition) is 1. The van der Waals surface area contributed by atoms with Gasteiger partial charge in [-0.3, -0.25) is 14.5 Å². The molecule has 1 aromatic carbocycles. The predicted octanol–water partition coefficient (Wildman–Crippen LogP) is 0.815. The zero-order valence-corrected chi connectivity index (χ0v) is 12.6. The van der Waals surface area contributed by atoms with Gasteiger partial charge in [-0.1, -0.05) is 12.1 Å². The number of nitrogens with one attached hydrogen (secondary N) is 1. The molecule has 0 bridgehead atoms. The molecule has 3 rings (SSSR count). The van der Waals surface area contributed by atoms with Crippen molar-refractivity contribution < 1.29 is 14.3 Å². The number of imidazole rings is 1. The molecule has 2 aromatic rings. The van der Waals surface area contributed by atoms with Gasteiger partial charge in [0.1, 0.15) is 12.3 Å². The summed E-state index contributed by atoms with van der Waals surface area (Å²) in [6.45, 7) is 1.31. The Morgan fingerprint density at radius 3 is 3.04 bits per heavy atom. The Balaban J connectivity index is 1.50. The summed E-state index contributed by atoms with van der Waals surface area (Å²) < 4.78 is 7.31. The smallest absolute Gasteiger partial charge is 0.265 e. The number of rotatable bonds is 6. The summed E-state index contributed by atoms with van der Waals surface area (Å²) in [4.78, 5) is 29.5. The van der Waals surface area contributed by atoms with Gasteiger partial charge in [0.05, 0.1) is 12.0 Å². The molecule has 0 fully saturated rings. The van der Waals surface area contributed by atoms with E-state index in [9.17, 15) is 9.59 Å². The monoisotopic (exact) mass is 314 g/mol. The first-order valence-electron chi connectivity index (χ1n) is 7.48. The largest absolute Gasteiger partial charge is 0.482 e. The summed E-state index contributed by atoms with van der Waals surface area (Å²) in [5.41, 5.74) is 0.636.